The molecule has 2 aromatic carbocycles. The lowest BCUT2D eigenvalue weighted by molar-refractivity contribution is 0.0687. The van der Waals surface area contributed by atoms with Crippen molar-refractivity contribution in [3.63, 3.8) is 0 Å². The second-order valence-electron chi connectivity index (χ2n) is 4.95. The number of hydrogen-bond acceptors (Lipinski definition) is 4. The maximum Gasteiger partial charge on any atom is 0.337 e. The second-order valence-corrected chi connectivity index (χ2v) is 4.95. The number of nitrogens with two attached hydrogens (primary N) is 2. The van der Waals surface area contributed by atoms with E-state index >= 15 is 0 Å². The van der Waals surface area contributed by atoms with E-state index in [4.69, 9.17) is 21.7 Å². The molecule has 0 aromatic heterocycles. The van der Waals surface area contributed by atoms with Crippen molar-refractivity contribution in [3.05, 3.63) is 58.7 Å². The molecule has 6 N–H and O–H groups in total. The lowest BCUT2D eigenvalue weighted by Gasteiger charge is -2.07. The number of benzene rings is 2. The predicted octanol–water partition coefficient (Wildman–Crippen LogP) is 2.03. The molecule has 2 rings (SSSR count). The molecule has 22 heavy (non-hydrogen) atoms. The smallest absolute Gasteiger partial charge is 0.337 e. The average Bonchev–Trinajstić information content (AvgIpc) is 2.44. The van der Waals surface area contributed by atoms with Crippen molar-refractivity contribution in [1.82, 2.24) is 0 Å². The van der Waals surface area contributed by atoms with Crippen molar-refractivity contribution < 1.29 is 19.8 Å². The van der Waals surface area contributed by atoms with Crippen molar-refractivity contribution in [2.45, 2.75) is 12.8 Å². The Morgan fingerprint density at radius 1 is 0.773 bits per heavy atom. The van der Waals surface area contributed by atoms with Crippen molar-refractivity contribution in [1.29, 1.82) is 0 Å². The predicted molar refractivity (Wildman–Crippen MR) is 83.0 cm³/mol. The number of carboxylic acids is 2. The summed E-state index contributed by atoms with van der Waals surface area (Å²) in [5.41, 5.74) is 13.8. The zero-order valence-corrected chi connectivity index (χ0v) is 11.7. The maximum atomic E-state index is 10.9. The van der Waals surface area contributed by atoms with Crippen molar-refractivity contribution >= 4 is 23.3 Å². The standard InChI is InChI=1S/C16H16N2O4/c17-13-7-9(3-5-11(13)15(19)20)1-2-10-4-6-12(16(21)22)14(18)8-10/h3-8H,1-2,17-18H2,(H,19,20)(H,21,22). The minimum absolute atomic E-state index is 0.0822. The summed E-state index contributed by atoms with van der Waals surface area (Å²) in [7, 11) is 0. The lowest BCUT2D eigenvalue weighted by Crippen LogP contribution is -2.04. The van der Waals surface area contributed by atoms with Crippen LogP contribution < -0.4 is 11.5 Å². The molecule has 114 valence electrons. The van der Waals surface area contributed by atoms with Gasteiger partial charge in [-0.1, -0.05) is 12.1 Å². The van der Waals surface area contributed by atoms with E-state index in [1.54, 1.807) is 24.3 Å². The van der Waals surface area contributed by atoms with Crippen molar-refractivity contribution in [3.8, 4) is 0 Å². The summed E-state index contributed by atoms with van der Waals surface area (Å²) in [5.74, 6) is -2.11. The van der Waals surface area contributed by atoms with Gasteiger partial charge in [0.1, 0.15) is 0 Å². The van der Waals surface area contributed by atoms with Gasteiger partial charge in [0.15, 0.2) is 0 Å². The van der Waals surface area contributed by atoms with E-state index in [2.05, 4.69) is 0 Å². The van der Waals surface area contributed by atoms with Gasteiger partial charge in [0.05, 0.1) is 11.1 Å². The first-order valence-corrected chi connectivity index (χ1v) is 6.62. The highest BCUT2D eigenvalue weighted by molar-refractivity contribution is 5.94. The highest BCUT2D eigenvalue weighted by Crippen LogP contribution is 2.18. The molecule has 0 bridgehead atoms. The van der Waals surface area contributed by atoms with E-state index in [1.165, 1.54) is 12.1 Å². The summed E-state index contributed by atoms with van der Waals surface area (Å²) in [4.78, 5) is 21.8. The Labute approximate surface area is 127 Å². The van der Waals surface area contributed by atoms with Crippen LogP contribution >= 0.6 is 0 Å². The molecule has 0 saturated carbocycles. The molecule has 0 heterocycles. The van der Waals surface area contributed by atoms with E-state index in [1.807, 2.05) is 0 Å². The molecule has 6 nitrogen and oxygen atoms in total. The van der Waals surface area contributed by atoms with Gasteiger partial charge in [-0.2, -0.15) is 0 Å². The average molecular weight is 300 g/mol. The molecule has 0 spiro atoms. The molecule has 0 aliphatic carbocycles. The monoisotopic (exact) mass is 300 g/mol. The molecule has 0 unspecified atom stereocenters. The van der Waals surface area contributed by atoms with Crippen LogP contribution in [0.2, 0.25) is 0 Å². The normalized spacial score (nSPS) is 10.4. The number of nitrogen functional groups attached to an aromatic ring is 2. The van der Waals surface area contributed by atoms with Crippen LogP contribution in [0.3, 0.4) is 0 Å². The van der Waals surface area contributed by atoms with Crippen LogP contribution in [0.4, 0.5) is 11.4 Å². The topological polar surface area (TPSA) is 127 Å². The third-order valence-electron chi connectivity index (χ3n) is 3.40. The molecule has 0 radical (unpaired) electrons. The van der Waals surface area contributed by atoms with Gasteiger partial charge in [-0.25, -0.2) is 9.59 Å². The van der Waals surface area contributed by atoms with Gasteiger partial charge in [0, 0.05) is 11.4 Å². The minimum atomic E-state index is -1.05. The second kappa shape index (κ2) is 6.17. The number of hydrogen-bond donors (Lipinski definition) is 4. The Bertz CT molecular complexity index is 677. The molecule has 2 aromatic rings. The number of anilines is 2. The first-order valence-electron chi connectivity index (χ1n) is 6.62. The lowest BCUT2D eigenvalue weighted by atomic mass is 10.0. The SMILES string of the molecule is Nc1cc(CCc2ccc(C(=O)O)c(N)c2)ccc1C(=O)O. The minimum Gasteiger partial charge on any atom is -0.478 e. The van der Waals surface area contributed by atoms with E-state index in [0.29, 0.717) is 12.8 Å². The molecule has 0 fully saturated rings. The number of carbonyl (C=O) groups is 2. The molecule has 0 atom stereocenters. The molecule has 0 amide bonds. The first kappa shape index (κ1) is 15.4. The van der Waals surface area contributed by atoms with Gasteiger partial charge >= 0.3 is 11.9 Å². The molecular weight excluding hydrogens is 284 g/mol. The Morgan fingerprint density at radius 2 is 1.14 bits per heavy atom. The quantitative estimate of drug-likeness (QED) is 0.626. The Morgan fingerprint density at radius 3 is 1.41 bits per heavy atom. The van der Waals surface area contributed by atoms with Crippen molar-refractivity contribution in [2.75, 3.05) is 11.5 Å². The van der Waals surface area contributed by atoms with Gasteiger partial charge < -0.3 is 21.7 Å². The zero-order chi connectivity index (χ0) is 16.3. The maximum absolute atomic E-state index is 10.9. The highest BCUT2D eigenvalue weighted by atomic mass is 16.4. The van der Waals surface area contributed by atoms with E-state index in [9.17, 15) is 9.59 Å². The molecule has 0 aliphatic rings. The first-order chi connectivity index (χ1) is 10.4. The van der Waals surface area contributed by atoms with Gasteiger partial charge in [0.2, 0.25) is 0 Å². The van der Waals surface area contributed by atoms with Gasteiger partial charge in [0.25, 0.3) is 0 Å². The fourth-order valence-corrected chi connectivity index (χ4v) is 2.21. The Hall–Kier alpha value is -3.02. The number of aryl methyl sites for hydroxylation is 2. The van der Waals surface area contributed by atoms with Crippen LogP contribution in [-0.4, -0.2) is 22.2 Å². The van der Waals surface area contributed by atoms with E-state index < -0.39 is 11.9 Å². The van der Waals surface area contributed by atoms with Crippen LogP contribution in [0.15, 0.2) is 36.4 Å². The van der Waals surface area contributed by atoms with Gasteiger partial charge in [-0.15, -0.1) is 0 Å². The highest BCUT2D eigenvalue weighted by Gasteiger charge is 2.10. The number of carboxylic acid groups (broad SMARTS) is 2. The third kappa shape index (κ3) is 3.35. The Kier molecular flexibility index (Phi) is 4.31. The third-order valence-corrected chi connectivity index (χ3v) is 3.40. The fraction of sp³-hybridized carbons (Fsp3) is 0.125. The molecule has 0 aliphatic heterocycles. The number of rotatable bonds is 5. The number of aromatic carboxylic acids is 2. The molecule has 6 heteroatoms. The summed E-state index contributed by atoms with van der Waals surface area (Å²) in [6.07, 6.45) is 1.30. The van der Waals surface area contributed by atoms with Crippen molar-refractivity contribution in [2.24, 2.45) is 0 Å². The summed E-state index contributed by atoms with van der Waals surface area (Å²) in [6, 6.07) is 9.67. The van der Waals surface area contributed by atoms with E-state index in [0.717, 1.165) is 11.1 Å². The molecular formula is C16H16N2O4. The molecule has 0 saturated heterocycles. The van der Waals surface area contributed by atoms with Crippen LogP contribution in [0.1, 0.15) is 31.8 Å². The van der Waals surface area contributed by atoms with E-state index in [-0.39, 0.29) is 22.5 Å². The van der Waals surface area contributed by atoms with Crippen LogP contribution in [-0.2, 0) is 12.8 Å². The fourth-order valence-electron chi connectivity index (χ4n) is 2.21. The summed E-state index contributed by atoms with van der Waals surface area (Å²) < 4.78 is 0. The van der Waals surface area contributed by atoms with Gasteiger partial charge in [-0.05, 0) is 48.2 Å². The summed E-state index contributed by atoms with van der Waals surface area (Å²) in [5, 5.41) is 17.8. The largest absolute Gasteiger partial charge is 0.478 e. The summed E-state index contributed by atoms with van der Waals surface area (Å²) in [6.45, 7) is 0. The zero-order valence-electron chi connectivity index (χ0n) is 11.7. The summed E-state index contributed by atoms with van der Waals surface area (Å²) >= 11 is 0. The Balaban J connectivity index is 2.10. The van der Waals surface area contributed by atoms with Gasteiger partial charge in [-0.3, -0.25) is 0 Å². The van der Waals surface area contributed by atoms with Crippen LogP contribution in [0, 0.1) is 0 Å². The van der Waals surface area contributed by atoms with Crippen LogP contribution in [0.5, 0.6) is 0 Å². The van der Waals surface area contributed by atoms with Crippen LogP contribution in [0.25, 0.3) is 0 Å².